The van der Waals surface area contributed by atoms with Crippen molar-refractivity contribution >= 4 is 18.0 Å². The Labute approximate surface area is 220 Å². The highest BCUT2D eigenvalue weighted by Gasteiger charge is 2.38. The van der Waals surface area contributed by atoms with E-state index >= 15 is 0 Å². The summed E-state index contributed by atoms with van der Waals surface area (Å²) in [6.45, 7) is 12.0. The molecule has 36 heavy (non-hydrogen) atoms. The van der Waals surface area contributed by atoms with Gasteiger partial charge in [0.15, 0.2) is 0 Å². The number of hydrogen-bond acceptors (Lipinski definition) is 7. The molecule has 2 atom stereocenters. The zero-order valence-corrected chi connectivity index (χ0v) is 23.0. The third-order valence-corrected chi connectivity index (χ3v) is 7.91. The number of likely N-dealkylation sites (tertiary alicyclic amines) is 1. The predicted molar refractivity (Wildman–Crippen MR) is 145 cm³/mol. The van der Waals surface area contributed by atoms with E-state index in [4.69, 9.17) is 18.9 Å². The molecule has 0 aromatic heterocycles. The Kier molecular flexibility index (Phi) is 10.9. The van der Waals surface area contributed by atoms with Crippen molar-refractivity contribution in [2.45, 2.75) is 57.6 Å². The summed E-state index contributed by atoms with van der Waals surface area (Å²) in [5, 5.41) is 0. The summed E-state index contributed by atoms with van der Waals surface area (Å²) in [5.41, 5.74) is 2.88. The molecule has 2 unspecified atom stereocenters. The second-order valence-corrected chi connectivity index (χ2v) is 10.3. The summed E-state index contributed by atoms with van der Waals surface area (Å²) in [4.78, 5) is 14.6. The van der Waals surface area contributed by atoms with Crippen molar-refractivity contribution in [3.8, 4) is 5.75 Å². The molecule has 198 valence electrons. The molecule has 2 aliphatic heterocycles. The van der Waals surface area contributed by atoms with Gasteiger partial charge in [0.25, 0.3) is 0 Å². The molecule has 0 bridgehead atoms. The molecule has 0 spiro atoms. The van der Waals surface area contributed by atoms with E-state index in [1.165, 1.54) is 5.56 Å². The van der Waals surface area contributed by atoms with E-state index in [-0.39, 0.29) is 12.2 Å². The summed E-state index contributed by atoms with van der Waals surface area (Å²) < 4.78 is 25.6. The first kappa shape index (κ1) is 28.3. The molecular formula is C28H40N2O5S. The van der Waals surface area contributed by atoms with Gasteiger partial charge in [-0.1, -0.05) is 42.8 Å². The van der Waals surface area contributed by atoms with Crippen molar-refractivity contribution in [2.24, 2.45) is 0 Å². The highest BCUT2D eigenvalue weighted by atomic mass is 32.2. The van der Waals surface area contributed by atoms with Gasteiger partial charge in [0, 0.05) is 32.1 Å². The number of nitrogens with zero attached hydrogens (tertiary/aromatic N) is 2. The van der Waals surface area contributed by atoms with Gasteiger partial charge in [-0.3, -0.25) is 4.31 Å². The first-order chi connectivity index (χ1) is 17.4. The van der Waals surface area contributed by atoms with E-state index in [2.05, 4.69) is 30.1 Å². The molecule has 0 saturated carbocycles. The molecule has 0 radical (unpaired) electrons. The molecule has 0 aliphatic carbocycles. The summed E-state index contributed by atoms with van der Waals surface area (Å²) in [6.07, 6.45) is 4.81. The molecule has 3 rings (SSSR count). The Morgan fingerprint density at radius 1 is 1.25 bits per heavy atom. The second kappa shape index (κ2) is 13.9. The van der Waals surface area contributed by atoms with Crippen LogP contribution in [0.2, 0.25) is 0 Å². The van der Waals surface area contributed by atoms with Gasteiger partial charge in [-0.05, 0) is 69.5 Å². The third-order valence-electron chi connectivity index (χ3n) is 6.75. The first-order valence-corrected chi connectivity index (χ1v) is 13.5. The maximum absolute atomic E-state index is 13.0. The molecule has 1 aromatic rings. The summed E-state index contributed by atoms with van der Waals surface area (Å²) >= 11 is 1.82. The molecule has 2 fully saturated rings. The topological polar surface area (TPSA) is 60.5 Å². The van der Waals surface area contributed by atoms with Gasteiger partial charge in [0.1, 0.15) is 23.7 Å². The van der Waals surface area contributed by atoms with Crippen molar-refractivity contribution in [1.29, 1.82) is 0 Å². The quantitative estimate of drug-likeness (QED) is 0.228. The summed E-state index contributed by atoms with van der Waals surface area (Å²) in [5.74, 6) is 2.17. The molecule has 1 amide bonds. The van der Waals surface area contributed by atoms with Crippen molar-refractivity contribution in [2.75, 3.05) is 40.5 Å². The van der Waals surface area contributed by atoms with E-state index < -0.39 is 6.09 Å². The van der Waals surface area contributed by atoms with Crippen LogP contribution < -0.4 is 4.74 Å². The lowest BCUT2D eigenvalue weighted by atomic mass is 10.1. The Balaban J connectivity index is 1.59. The SMILES string of the molecule is C=C/C(C)=C(OC(=O)N1CC(OC)C(Oc2cccc(CSN(C)C3CCOCC3)c2)C1)\C(C)=C/C. The van der Waals surface area contributed by atoms with Crippen molar-refractivity contribution in [1.82, 2.24) is 9.21 Å². The standard InChI is InChI=1S/C28H40N2O5S/c1-7-20(3)27(21(4)8-2)35-28(31)30-17-25(32-6)26(18-30)34-24-11-9-10-22(16-24)19-36-29(5)23-12-14-33-15-13-23/h7-11,16,23,25-26H,1,12-15,17-19H2,2-6H3/b21-8-,27-20+. The normalized spacial score (nSPS) is 21.9. The van der Waals surface area contributed by atoms with Crippen molar-refractivity contribution in [3.63, 3.8) is 0 Å². The minimum absolute atomic E-state index is 0.244. The number of amides is 1. The maximum Gasteiger partial charge on any atom is 0.415 e. The van der Waals surface area contributed by atoms with Gasteiger partial charge in [-0.15, -0.1) is 0 Å². The monoisotopic (exact) mass is 516 g/mol. The lowest BCUT2D eigenvalue weighted by Crippen LogP contribution is -2.32. The average Bonchev–Trinajstić information content (AvgIpc) is 3.32. The number of benzene rings is 1. The highest BCUT2D eigenvalue weighted by Crippen LogP contribution is 2.27. The minimum atomic E-state index is -0.415. The number of ether oxygens (including phenoxy) is 4. The van der Waals surface area contributed by atoms with E-state index in [9.17, 15) is 4.79 Å². The smallest absolute Gasteiger partial charge is 0.415 e. The largest absolute Gasteiger partial charge is 0.486 e. The lowest BCUT2D eigenvalue weighted by molar-refractivity contribution is 0.0340. The minimum Gasteiger partial charge on any atom is -0.486 e. The first-order valence-electron chi connectivity index (χ1n) is 12.5. The van der Waals surface area contributed by atoms with E-state index in [1.807, 2.05) is 50.9 Å². The van der Waals surface area contributed by atoms with Crippen LogP contribution in [0.1, 0.15) is 39.2 Å². The fraction of sp³-hybridized carbons (Fsp3) is 0.536. The van der Waals surface area contributed by atoms with Crippen LogP contribution in [-0.4, -0.2) is 74.0 Å². The molecule has 2 saturated heterocycles. The van der Waals surface area contributed by atoms with E-state index in [0.717, 1.165) is 48.7 Å². The van der Waals surface area contributed by atoms with Crippen LogP contribution in [0.3, 0.4) is 0 Å². The van der Waals surface area contributed by atoms with Crippen LogP contribution in [0.25, 0.3) is 0 Å². The van der Waals surface area contributed by atoms with Crippen LogP contribution in [0.15, 0.2) is 59.9 Å². The molecule has 1 aromatic carbocycles. The maximum atomic E-state index is 13.0. The van der Waals surface area contributed by atoms with Gasteiger partial charge in [-0.2, -0.15) is 0 Å². The highest BCUT2D eigenvalue weighted by molar-refractivity contribution is 7.96. The van der Waals surface area contributed by atoms with E-state index in [0.29, 0.717) is 24.9 Å². The van der Waals surface area contributed by atoms with Crippen LogP contribution in [0, 0.1) is 0 Å². The predicted octanol–water partition coefficient (Wildman–Crippen LogP) is 5.59. The molecule has 7 nitrogen and oxygen atoms in total. The van der Waals surface area contributed by atoms with Crippen molar-refractivity contribution < 1.29 is 23.7 Å². The van der Waals surface area contributed by atoms with Crippen LogP contribution in [0.5, 0.6) is 5.75 Å². The Morgan fingerprint density at radius 2 is 1.97 bits per heavy atom. The zero-order chi connectivity index (χ0) is 26.1. The number of allylic oxidation sites excluding steroid dienone is 4. The number of rotatable bonds is 10. The fourth-order valence-corrected chi connectivity index (χ4v) is 5.25. The van der Waals surface area contributed by atoms with Gasteiger partial charge < -0.3 is 23.8 Å². The Hall–Kier alpha value is -2.26. The van der Waals surface area contributed by atoms with Crippen LogP contribution in [-0.2, 0) is 20.0 Å². The number of carbonyl (C=O) groups excluding carboxylic acids is 1. The third kappa shape index (κ3) is 7.62. The molecular weight excluding hydrogens is 476 g/mol. The molecule has 8 heteroatoms. The van der Waals surface area contributed by atoms with Gasteiger partial charge in [0.05, 0.1) is 13.1 Å². The Morgan fingerprint density at radius 3 is 2.64 bits per heavy atom. The molecule has 2 heterocycles. The fourth-order valence-electron chi connectivity index (χ4n) is 4.29. The summed E-state index contributed by atoms with van der Waals surface area (Å²) in [7, 11) is 3.80. The average molecular weight is 517 g/mol. The lowest BCUT2D eigenvalue weighted by Gasteiger charge is -2.30. The second-order valence-electron chi connectivity index (χ2n) is 9.20. The van der Waals surface area contributed by atoms with Gasteiger partial charge >= 0.3 is 6.09 Å². The Bertz CT molecular complexity index is 957. The number of methoxy groups -OCH3 is 1. The molecule has 0 N–H and O–H groups in total. The van der Waals surface area contributed by atoms with Gasteiger partial charge in [-0.25, -0.2) is 4.79 Å². The van der Waals surface area contributed by atoms with E-state index in [1.54, 1.807) is 18.1 Å². The van der Waals surface area contributed by atoms with Crippen LogP contribution in [0.4, 0.5) is 4.79 Å². The summed E-state index contributed by atoms with van der Waals surface area (Å²) in [6, 6.07) is 8.70. The van der Waals surface area contributed by atoms with Crippen molar-refractivity contribution in [3.05, 3.63) is 65.5 Å². The number of hydrogen-bond donors (Lipinski definition) is 0. The zero-order valence-electron chi connectivity index (χ0n) is 22.2. The van der Waals surface area contributed by atoms with Gasteiger partial charge in [0.2, 0.25) is 0 Å². The number of carbonyl (C=O) groups is 1. The molecule has 2 aliphatic rings. The van der Waals surface area contributed by atoms with Crippen LogP contribution >= 0.6 is 11.9 Å².